The molecule has 0 aromatic heterocycles. The van der Waals surface area contributed by atoms with E-state index in [4.69, 9.17) is 0 Å². The molecule has 62 heavy (non-hydrogen) atoms. The Morgan fingerprint density at radius 2 is 0.984 bits per heavy atom. The van der Waals surface area contributed by atoms with Gasteiger partial charge in [0.15, 0.2) is 0 Å². The first kappa shape index (κ1) is 37.5. The molecule has 1 atom stereocenters. The van der Waals surface area contributed by atoms with Crippen LogP contribution in [0.2, 0.25) is 0 Å². The lowest BCUT2D eigenvalue weighted by Crippen LogP contribution is -2.29. The number of hydrogen-bond acceptors (Lipinski definition) is 1. The molecule has 1 heteroatoms. The van der Waals surface area contributed by atoms with E-state index >= 15 is 0 Å². The molecule has 0 saturated carbocycles. The summed E-state index contributed by atoms with van der Waals surface area (Å²) in [5, 5.41) is 0. The average Bonchev–Trinajstić information content (AvgIpc) is 3.67. The molecule has 3 aliphatic carbocycles. The Morgan fingerprint density at radius 3 is 1.61 bits per heavy atom. The monoisotopic (exact) mass is 793 g/mol. The van der Waals surface area contributed by atoms with Gasteiger partial charge < -0.3 is 4.90 Å². The Kier molecular flexibility index (Phi) is 9.79. The van der Waals surface area contributed by atoms with Crippen LogP contribution >= 0.6 is 0 Å². The Morgan fingerprint density at radius 1 is 0.419 bits per heavy atom. The molecular formula is C61H47N. The third-order valence-electron chi connectivity index (χ3n) is 13.1. The molecule has 0 aliphatic heterocycles. The van der Waals surface area contributed by atoms with Crippen molar-refractivity contribution in [1.82, 2.24) is 0 Å². The highest BCUT2D eigenvalue weighted by molar-refractivity contribution is 5.98. The van der Waals surface area contributed by atoms with E-state index in [0.29, 0.717) is 0 Å². The molecule has 1 unspecified atom stereocenters. The molecule has 296 valence electrons. The van der Waals surface area contributed by atoms with E-state index in [1.807, 2.05) is 0 Å². The van der Waals surface area contributed by atoms with Crippen molar-refractivity contribution in [3.63, 3.8) is 0 Å². The van der Waals surface area contributed by atoms with E-state index in [1.54, 1.807) is 0 Å². The number of fused-ring (bicyclic) bond motifs is 3. The molecule has 0 N–H and O–H groups in total. The van der Waals surface area contributed by atoms with Crippen LogP contribution in [0.4, 0.5) is 17.1 Å². The summed E-state index contributed by atoms with van der Waals surface area (Å²) in [7, 11) is 0. The van der Waals surface area contributed by atoms with Crippen LogP contribution in [-0.4, -0.2) is 0 Å². The van der Waals surface area contributed by atoms with Gasteiger partial charge in [-0.1, -0.05) is 194 Å². The van der Waals surface area contributed by atoms with Gasteiger partial charge in [-0.15, -0.1) is 0 Å². The van der Waals surface area contributed by atoms with Crippen molar-refractivity contribution in [3.05, 3.63) is 270 Å². The highest BCUT2D eigenvalue weighted by Crippen LogP contribution is 2.60. The van der Waals surface area contributed by atoms with E-state index in [1.165, 1.54) is 77.9 Å². The standard InChI is InChI=1S/C61H47N/c1-5-18-44(19-6-1)48-34-38-54(39-35-48)62(55-40-36-49(37-41-55)45-20-7-2-8-21-45)59-33-17-32-58-60(59)56-30-13-14-31-57(56)61(58,52-28-15-26-50(42-52)46-22-9-3-10-23-46)53-29-16-27-51(43-53)47-24-11-4-12-25-47/h1-3,5-9,11,13-22,24-43H,4,10,12,23H2. The largest absolute Gasteiger partial charge is 0.310 e. The second-order valence-electron chi connectivity index (χ2n) is 16.6. The lowest BCUT2D eigenvalue weighted by molar-refractivity contribution is 0.767. The molecule has 8 aromatic carbocycles. The van der Waals surface area contributed by atoms with Gasteiger partial charge in [0.25, 0.3) is 0 Å². The summed E-state index contributed by atoms with van der Waals surface area (Å²) in [4.78, 5) is 2.47. The normalized spacial score (nSPS) is 16.3. The second kappa shape index (κ2) is 16.2. The summed E-state index contributed by atoms with van der Waals surface area (Å²) in [6.45, 7) is 0. The number of anilines is 3. The maximum atomic E-state index is 2.48. The lowest BCUT2D eigenvalue weighted by atomic mass is 9.67. The van der Waals surface area contributed by atoms with E-state index in [-0.39, 0.29) is 0 Å². The summed E-state index contributed by atoms with van der Waals surface area (Å²) < 4.78 is 0. The molecule has 0 fully saturated rings. The van der Waals surface area contributed by atoms with E-state index in [2.05, 4.69) is 242 Å². The van der Waals surface area contributed by atoms with Gasteiger partial charge in [0.05, 0.1) is 11.1 Å². The minimum atomic E-state index is -0.585. The van der Waals surface area contributed by atoms with Crippen LogP contribution in [0.25, 0.3) is 44.5 Å². The molecule has 0 heterocycles. The first-order valence-corrected chi connectivity index (χ1v) is 22.0. The summed E-state index contributed by atoms with van der Waals surface area (Å²) in [5.41, 5.74) is 20.5. The fourth-order valence-electron chi connectivity index (χ4n) is 10.1. The topological polar surface area (TPSA) is 3.24 Å². The van der Waals surface area contributed by atoms with Crippen molar-refractivity contribution in [1.29, 1.82) is 0 Å². The van der Waals surface area contributed by atoms with Gasteiger partial charge in [-0.25, -0.2) is 0 Å². The van der Waals surface area contributed by atoms with Crippen molar-refractivity contribution in [2.75, 3.05) is 4.90 Å². The zero-order valence-corrected chi connectivity index (χ0v) is 34.8. The third-order valence-corrected chi connectivity index (χ3v) is 13.1. The van der Waals surface area contributed by atoms with Gasteiger partial charge >= 0.3 is 0 Å². The van der Waals surface area contributed by atoms with Gasteiger partial charge in [0, 0.05) is 16.9 Å². The first-order chi connectivity index (χ1) is 30.8. The smallest absolute Gasteiger partial charge is 0.0714 e. The number of nitrogens with zero attached hydrogens (tertiary/aromatic N) is 1. The van der Waals surface area contributed by atoms with Gasteiger partial charge in [0.2, 0.25) is 0 Å². The molecule has 0 saturated heterocycles. The molecular weight excluding hydrogens is 747 g/mol. The zero-order chi connectivity index (χ0) is 41.3. The zero-order valence-electron chi connectivity index (χ0n) is 34.8. The van der Waals surface area contributed by atoms with Crippen LogP contribution < -0.4 is 4.90 Å². The van der Waals surface area contributed by atoms with Crippen LogP contribution in [0, 0.1) is 0 Å². The summed E-state index contributed by atoms with van der Waals surface area (Å²) in [6, 6.07) is 74.5. The summed E-state index contributed by atoms with van der Waals surface area (Å²) in [5.74, 6) is 0. The minimum absolute atomic E-state index is 0.585. The number of benzene rings is 8. The van der Waals surface area contributed by atoms with Crippen molar-refractivity contribution in [2.24, 2.45) is 0 Å². The number of rotatable bonds is 9. The van der Waals surface area contributed by atoms with Crippen LogP contribution in [0.3, 0.4) is 0 Å². The van der Waals surface area contributed by atoms with Gasteiger partial charge in [0.1, 0.15) is 0 Å². The van der Waals surface area contributed by atoms with Crippen molar-refractivity contribution in [3.8, 4) is 33.4 Å². The molecule has 0 spiro atoms. The third kappa shape index (κ3) is 6.58. The van der Waals surface area contributed by atoms with Gasteiger partial charge in [-0.2, -0.15) is 0 Å². The first-order valence-electron chi connectivity index (χ1n) is 22.0. The molecule has 0 amide bonds. The van der Waals surface area contributed by atoms with Crippen LogP contribution in [0.1, 0.15) is 59.1 Å². The van der Waals surface area contributed by atoms with Crippen LogP contribution in [0.5, 0.6) is 0 Å². The Hall–Kier alpha value is -7.48. The molecule has 0 radical (unpaired) electrons. The van der Waals surface area contributed by atoms with Crippen LogP contribution in [-0.2, 0) is 5.41 Å². The fraction of sp³-hybridized carbons (Fsp3) is 0.0820. The fourth-order valence-corrected chi connectivity index (χ4v) is 10.1. The highest BCUT2D eigenvalue weighted by atomic mass is 15.1. The lowest BCUT2D eigenvalue weighted by Gasteiger charge is -2.35. The maximum Gasteiger partial charge on any atom is 0.0714 e. The Labute approximate surface area is 366 Å². The van der Waals surface area contributed by atoms with Gasteiger partial charge in [-0.05, 0) is 140 Å². The predicted octanol–water partition coefficient (Wildman–Crippen LogP) is 16.3. The van der Waals surface area contributed by atoms with Crippen molar-refractivity contribution >= 4 is 28.2 Å². The summed E-state index contributed by atoms with van der Waals surface area (Å²) >= 11 is 0. The van der Waals surface area contributed by atoms with Crippen molar-refractivity contribution in [2.45, 2.75) is 31.1 Å². The number of hydrogen-bond donors (Lipinski definition) is 0. The minimum Gasteiger partial charge on any atom is -0.310 e. The van der Waals surface area contributed by atoms with E-state index in [0.717, 1.165) is 42.7 Å². The maximum absolute atomic E-state index is 2.48. The average molecular weight is 794 g/mol. The highest BCUT2D eigenvalue weighted by Gasteiger charge is 2.47. The molecule has 3 aliphatic rings. The molecule has 11 rings (SSSR count). The summed E-state index contributed by atoms with van der Waals surface area (Å²) in [6.07, 6.45) is 18.1. The Bertz CT molecular complexity index is 2950. The van der Waals surface area contributed by atoms with E-state index < -0.39 is 5.41 Å². The quantitative estimate of drug-likeness (QED) is 0.141. The van der Waals surface area contributed by atoms with Crippen LogP contribution in [0.15, 0.2) is 237 Å². The second-order valence-corrected chi connectivity index (χ2v) is 16.6. The molecule has 0 bridgehead atoms. The van der Waals surface area contributed by atoms with E-state index in [9.17, 15) is 0 Å². The Balaban J connectivity index is 1.16. The predicted molar refractivity (Wildman–Crippen MR) is 262 cm³/mol. The molecule has 1 nitrogen and oxygen atoms in total. The molecule has 8 aromatic rings. The van der Waals surface area contributed by atoms with Gasteiger partial charge in [-0.3, -0.25) is 0 Å². The number of allylic oxidation sites excluding steroid dienone is 8. The van der Waals surface area contributed by atoms with Crippen molar-refractivity contribution < 1.29 is 0 Å². The SMILES string of the molecule is C1=CCCC(c2cccc(C3(c4cccc(C5=CCCC=C5)c4)c4ccccc4-c4c(N(c5ccc(-c6ccccc6)cc5)c5ccc(-c6ccccc6)cc5)cccc43)c2)=C1.